The van der Waals surface area contributed by atoms with Crippen LogP contribution < -0.4 is 0 Å². The van der Waals surface area contributed by atoms with Gasteiger partial charge in [-0.05, 0) is 6.92 Å². The molecule has 0 bridgehead atoms. The first-order valence-electron chi connectivity index (χ1n) is 2.18. The molecule has 0 aromatic rings. The fourth-order valence-electron chi connectivity index (χ4n) is 0.249. The van der Waals surface area contributed by atoms with E-state index in [9.17, 15) is 8.42 Å². The third kappa shape index (κ3) is 4.62. The van der Waals surface area contributed by atoms with E-state index in [4.69, 9.17) is 14.8 Å². The van der Waals surface area contributed by atoms with Crippen LogP contribution in [0.5, 0.6) is 0 Å². The molecule has 0 aliphatic heterocycles. The van der Waals surface area contributed by atoms with Gasteiger partial charge in [-0.2, -0.15) is 8.42 Å². The van der Waals surface area contributed by atoms with Crippen LogP contribution in [0.1, 0.15) is 6.92 Å². The molecule has 0 aliphatic carbocycles. The van der Waals surface area contributed by atoms with E-state index in [1.807, 2.05) is 0 Å². The number of hydrogen-bond acceptors (Lipinski definition) is 4. The molecule has 0 saturated heterocycles. The van der Waals surface area contributed by atoms with Crippen LogP contribution in [0.15, 0.2) is 0 Å². The molecule has 0 radical (unpaired) electrons. The van der Waals surface area contributed by atoms with Gasteiger partial charge in [0.2, 0.25) is 5.44 Å². The Labute approximate surface area is 81.1 Å². The third-order valence-corrected chi connectivity index (χ3v) is 1.72. The van der Waals surface area contributed by atoms with Gasteiger partial charge in [-0.3, -0.25) is 4.55 Å². The molecule has 2 atom stereocenters. The maximum atomic E-state index is 9.92. The van der Waals surface area contributed by atoms with Crippen molar-refractivity contribution in [1.82, 2.24) is 0 Å². The Morgan fingerprint density at radius 1 is 1.30 bits per heavy atom. The fraction of sp³-hybridized carbons (Fsp3) is 1.00. The average molecular weight is 180 g/mol. The Kier molecular flexibility index (Phi) is 6.25. The molecule has 7 heteroatoms. The topological polar surface area (TPSA) is 94.8 Å². The number of aliphatic hydroxyl groups excluding tert-OH is 2. The molecule has 0 spiro atoms. The molecular formula is C3H9NaO5S. The van der Waals surface area contributed by atoms with Crippen LogP contribution in [-0.2, 0) is 10.1 Å². The van der Waals surface area contributed by atoms with Gasteiger partial charge in [-0.25, -0.2) is 0 Å². The second-order valence-corrected chi connectivity index (χ2v) is 3.16. The van der Waals surface area contributed by atoms with Gasteiger partial charge in [0.25, 0.3) is 10.1 Å². The zero-order chi connectivity index (χ0) is 7.65. The SMILES string of the molecule is CC(O)C(O)S(=O)(=O)O.[NaH]. The summed E-state index contributed by atoms with van der Waals surface area (Å²) >= 11 is 0. The summed E-state index contributed by atoms with van der Waals surface area (Å²) in [5.74, 6) is 0. The van der Waals surface area contributed by atoms with Gasteiger partial charge in [0.05, 0.1) is 6.10 Å². The van der Waals surface area contributed by atoms with Crippen molar-refractivity contribution in [3.05, 3.63) is 0 Å². The minimum absolute atomic E-state index is 0. The van der Waals surface area contributed by atoms with Gasteiger partial charge in [0.1, 0.15) is 0 Å². The number of hydrogen-bond donors (Lipinski definition) is 3. The van der Waals surface area contributed by atoms with Gasteiger partial charge in [0.15, 0.2) is 0 Å². The summed E-state index contributed by atoms with van der Waals surface area (Å²) in [6.07, 6.45) is -1.47. The van der Waals surface area contributed by atoms with E-state index < -0.39 is 21.7 Å². The van der Waals surface area contributed by atoms with E-state index in [0.717, 1.165) is 6.92 Å². The zero-order valence-corrected chi connectivity index (χ0v) is 5.54. The zero-order valence-electron chi connectivity index (χ0n) is 4.72. The Bertz CT molecular complexity index is 173. The Balaban J connectivity index is 0. The minimum atomic E-state index is -4.50. The molecule has 0 aromatic carbocycles. The van der Waals surface area contributed by atoms with Crippen molar-refractivity contribution in [2.45, 2.75) is 18.5 Å². The predicted octanol–water partition coefficient (Wildman–Crippen LogP) is -2.08. The first-order valence-corrected chi connectivity index (χ1v) is 3.68. The van der Waals surface area contributed by atoms with Crippen molar-refractivity contribution in [1.29, 1.82) is 0 Å². The molecule has 0 saturated carbocycles. The first-order chi connectivity index (χ1) is 3.85. The van der Waals surface area contributed by atoms with E-state index >= 15 is 0 Å². The summed E-state index contributed by atoms with van der Waals surface area (Å²) in [6, 6.07) is 0. The van der Waals surface area contributed by atoms with Gasteiger partial charge < -0.3 is 10.2 Å². The average Bonchev–Trinajstić information content (AvgIpc) is 1.62. The molecule has 5 nitrogen and oxygen atoms in total. The Morgan fingerprint density at radius 3 is 1.60 bits per heavy atom. The summed E-state index contributed by atoms with van der Waals surface area (Å²) in [4.78, 5) is 0. The van der Waals surface area contributed by atoms with Gasteiger partial charge >= 0.3 is 29.6 Å². The Hall–Kier alpha value is 0.830. The monoisotopic (exact) mass is 180 g/mol. The molecule has 0 heterocycles. The summed E-state index contributed by atoms with van der Waals surface area (Å²) in [5, 5.41) is 16.7. The molecule has 2 unspecified atom stereocenters. The van der Waals surface area contributed by atoms with Crippen LogP contribution in [0, 0.1) is 0 Å². The van der Waals surface area contributed by atoms with Crippen LogP contribution in [0.2, 0.25) is 0 Å². The molecular weight excluding hydrogens is 171 g/mol. The van der Waals surface area contributed by atoms with Crippen molar-refractivity contribution < 1.29 is 23.2 Å². The third-order valence-electron chi connectivity index (χ3n) is 0.718. The van der Waals surface area contributed by atoms with E-state index in [2.05, 4.69) is 0 Å². The van der Waals surface area contributed by atoms with Crippen molar-refractivity contribution in [2.75, 3.05) is 0 Å². The van der Waals surface area contributed by atoms with Crippen molar-refractivity contribution in [3.8, 4) is 0 Å². The normalized spacial score (nSPS) is 17.2. The van der Waals surface area contributed by atoms with Gasteiger partial charge in [-0.15, -0.1) is 0 Å². The van der Waals surface area contributed by atoms with Crippen molar-refractivity contribution >= 4 is 39.7 Å². The fourth-order valence-corrected chi connectivity index (χ4v) is 0.747. The number of rotatable bonds is 2. The summed E-state index contributed by atoms with van der Waals surface area (Å²) < 4.78 is 27.9. The first kappa shape index (κ1) is 13.4. The summed E-state index contributed by atoms with van der Waals surface area (Å²) in [7, 11) is -4.50. The number of aliphatic hydroxyl groups is 2. The molecule has 0 aliphatic rings. The molecule has 0 fully saturated rings. The second kappa shape index (κ2) is 4.66. The molecule has 58 valence electrons. The molecule has 3 N–H and O–H groups in total. The maximum absolute atomic E-state index is 9.92. The van der Waals surface area contributed by atoms with Crippen LogP contribution in [0.25, 0.3) is 0 Å². The van der Waals surface area contributed by atoms with E-state index in [0.29, 0.717) is 0 Å². The molecule has 10 heavy (non-hydrogen) atoms. The van der Waals surface area contributed by atoms with Crippen LogP contribution >= 0.6 is 0 Å². The summed E-state index contributed by atoms with van der Waals surface area (Å²) in [6.45, 7) is 1.05. The summed E-state index contributed by atoms with van der Waals surface area (Å²) in [5.41, 5.74) is -2.10. The standard InChI is InChI=1S/C3H8O5S.Na.H/c1-2(4)3(5)9(6,7)8;;/h2-5H,1H3,(H,6,7,8);;. The van der Waals surface area contributed by atoms with Gasteiger partial charge in [-0.1, -0.05) is 0 Å². The van der Waals surface area contributed by atoms with Crippen LogP contribution in [-0.4, -0.2) is 64.3 Å². The van der Waals surface area contributed by atoms with Crippen molar-refractivity contribution in [2.24, 2.45) is 0 Å². The molecule has 0 rings (SSSR count). The Morgan fingerprint density at radius 2 is 1.60 bits per heavy atom. The van der Waals surface area contributed by atoms with Crippen molar-refractivity contribution in [3.63, 3.8) is 0 Å². The predicted molar refractivity (Wildman–Crippen MR) is 36.4 cm³/mol. The van der Waals surface area contributed by atoms with E-state index in [-0.39, 0.29) is 29.6 Å². The molecule has 0 amide bonds. The van der Waals surface area contributed by atoms with E-state index in [1.165, 1.54) is 0 Å². The van der Waals surface area contributed by atoms with Gasteiger partial charge in [0, 0.05) is 0 Å². The second-order valence-electron chi connectivity index (χ2n) is 1.65. The van der Waals surface area contributed by atoms with E-state index in [1.54, 1.807) is 0 Å². The quantitative estimate of drug-likeness (QED) is 0.335. The molecule has 0 aromatic heterocycles. The van der Waals surface area contributed by atoms with Crippen LogP contribution in [0.4, 0.5) is 0 Å². The van der Waals surface area contributed by atoms with Crippen LogP contribution in [0.3, 0.4) is 0 Å².